The second-order valence-electron chi connectivity index (χ2n) is 8.86. The number of carbonyl (C=O) groups is 1. The number of carbonyl (C=O) groups excluding carboxylic acids is 1. The Balaban J connectivity index is 1.28. The third kappa shape index (κ3) is 5.40. The summed E-state index contributed by atoms with van der Waals surface area (Å²) >= 11 is 5.98. The molecule has 1 aliphatic rings. The highest BCUT2D eigenvalue weighted by Crippen LogP contribution is 2.29. The van der Waals surface area contributed by atoms with Crippen LogP contribution in [0.4, 0.5) is 0 Å². The summed E-state index contributed by atoms with van der Waals surface area (Å²) in [6.45, 7) is 2.60. The van der Waals surface area contributed by atoms with E-state index in [2.05, 4.69) is 58.5 Å². The first-order valence-electron chi connectivity index (χ1n) is 12.0. The number of piperazine rings is 1. The molecule has 4 aromatic rings. The number of amides is 1. The molecule has 182 valence electrons. The molecule has 0 saturated carbocycles. The molecule has 1 saturated heterocycles. The molecule has 1 fully saturated rings. The lowest BCUT2D eigenvalue weighted by Crippen LogP contribution is -2.51. The second-order valence-corrected chi connectivity index (χ2v) is 9.30. The van der Waals surface area contributed by atoms with Gasteiger partial charge in [-0.15, -0.1) is 0 Å². The summed E-state index contributed by atoms with van der Waals surface area (Å²) in [6.07, 6.45) is 0. The molecule has 5 rings (SSSR count). The predicted octanol–water partition coefficient (Wildman–Crippen LogP) is 4.50. The van der Waals surface area contributed by atoms with Gasteiger partial charge < -0.3 is 4.90 Å². The summed E-state index contributed by atoms with van der Waals surface area (Å²) in [4.78, 5) is 29.8. The van der Waals surface area contributed by atoms with E-state index in [9.17, 15) is 9.59 Å². The van der Waals surface area contributed by atoms with Crippen LogP contribution < -0.4 is 5.56 Å². The van der Waals surface area contributed by atoms with E-state index < -0.39 is 0 Å². The molecule has 36 heavy (non-hydrogen) atoms. The van der Waals surface area contributed by atoms with E-state index in [-0.39, 0.29) is 24.1 Å². The predicted molar refractivity (Wildman–Crippen MR) is 142 cm³/mol. The Labute approximate surface area is 215 Å². The maximum atomic E-state index is 13.1. The Morgan fingerprint density at radius 2 is 1.36 bits per heavy atom. The average Bonchev–Trinajstić information content (AvgIpc) is 2.92. The number of benzene rings is 3. The topological polar surface area (TPSA) is 58.4 Å². The molecular formula is C29H27ClN4O2. The fourth-order valence-electron chi connectivity index (χ4n) is 4.68. The minimum Gasteiger partial charge on any atom is -0.339 e. The molecule has 0 spiro atoms. The number of hydrogen-bond acceptors (Lipinski definition) is 4. The molecule has 0 aliphatic carbocycles. The summed E-state index contributed by atoms with van der Waals surface area (Å²) in [5.74, 6) is -0.103. The SMILES string of the molecule is O=C(Cn1nc(-c2ccc(Cl)cc2)ccc1=O)N1CCN(C(c2ccccc2)c2ccccc2)CC1. The van der Waals surface area contributed by atoms with E-state index >= 15 is 0 Å². The van der Waals surface area contributed by atoms with Crippen LogP contribution in [0.3, 0.4) is 0 Å². The van der Waals surface area contributed by atoms with Gasteiger partial charge in [-0.1, -0.05) is 84.4 Å². The van der Waals surface area contributed by atoms with Gasteiger partial charge >= 0.3 is 0 Å². The van der Waals surface area contributed by atoms with Crippen molar-refractivity contribution < 1.29 is 4.79 Å². The van der Waals surface area contributed by atoms with E-state index in [0.29, 0.717) is 23.8 Å². The summed E-state index contributed by atoms with van der Waals surface area (Å²) in [5.41, 5.74) is 3.63. The monoisotopic (exact) mass is 498 g/mol. The summed E-state index contributed by atoms with van der Waals surface area (Å²) in [7, 11) is 0. The molecule has 0 unspecified atom stereocenters. The molecule has 6 nitrogen and oxygen atoms in total. The van der Waals surface area contributed by atoms with Crippen molar-refractivity contribution in [3.8, 4) is 11.3 Å². The van der Waals surface area contributed by atoms with Crippen LogP contribution in [-0.2, 0) is 11.3 Å². The van der Waals surface area contributed by atoms with Gasteiger partial charge in [-0.05, 0) is 29.3 Å². The van der Waals surface area contributed by atoms with Crippen molar-refractivity contribution in [2.75, 3.05) is 26.2 Å². The molecule has 1 aromatic heterocycles. The summed E-state index contributed by atoms with van der Waals surface area (Å²) in [6, 6.07) is 31.4. The molecule has 2 heterocycles. The van der Waals surface area contributed by atoms with Gasteiger partial charge in [0.2, 0.25) is 5.91 Å². The standard InChI is InChI=1S/C29H27ClN4O2/c30-25-13-11-22(12-14-25)26-15-16-27(35)34(31-26)21-28(36)32-17-19-33(20-18-32)29(23-7-3-1-4-8-23)24-9-5-2-6-10-24/h1-16,29H,17-21H2. The van der Waals surface area contributed by atoms with Gasteiger partial charge in [0.25, 0.3) is 5.56 Å². The van der Waals surface area contributed by atoms with Crippen molar-refractivity contribution in [2.45, 2.75) is 12.6 Å². The number of aromatic nitrogens is 2. The minimum atomic E-state index is -0.298. The lowest BCUT2D eigenvalue weighted by atomic mass is 9.96. The smallest absolute Gasteiger partial charge is 0.267 e. The number of halogens is 1. The molecule has 3 aromatic carbocycles. The minimum absolute atomic E-state index is 0.0823. The van der Waals surface area contributed by atoms with Gasteiger partial charge in [0, 0.05) is 42.8 Å². The third-order valence-electron chi connectivity index (χ3n) is 6.55. The van der Waals surface area contributed by atoms with Crippen molar-refractivity contribution in [3.05, 3.63) is 124 Å². The van der Waals surface area contributed by atoms with Crippen molar-refractivity contribution in [2.24, 2.45) is 0 Å². The number of rotatable bonds is 6. The average molecular weight is 499 g/mol. The Kier molecular flexibility index (Phi) is 7.26. The van der Waals surface area contributed by atoms with Crippen LogP contribution in [0.2, 0.25) is 5.02 Å². The molecule has 0 bridgehead atoms. The van der Waals surface area contributed by atoms with Crippen molar-refractivity contribution in [1.82, 2.24) is 19.6 Å². The van der Waals surface area contributed by atoms with Gasteiger partial charge in [0.15, 0.2) is 0 Å². The largest absolute Gasteiger partial charge is 0.339 e. The Morgan fingerprint density at radius 3 is 1.94 bits per heavy atom. The van der Waals surface area contributed by atoms with Crippen LogP contribution in [0.5, 0.6) is 0 Å². The number of nitrogens with zero attached hydrogens (tertiary/aromatic N) is 4. The molecule has 0 radical (unpaired) electrons. The van der Waals surface area contributed by atoms with E-state index in [0.717, 1.165) is 18.7 Å². The first-order valence-corrected chi connectivity index (χ1v) is 12.4. The molecule has 7 heteroatoms. The van der Waals surface area contributed by atoms with Gasteiger partial charge in [0.05, 0.1) is 11.7 Å². The number of hydrogen-bond donors (Lipinski definition) is 0. The van der Waals surface area contributed by atoms with E-state index in [1.807, 2.05) is 29.2 Å². The van der Waals surface area contributed by atoms with Crippen LogP contribution in [-0.4, -0.2) is 51.7 Å². The van der Waals surface area contributed by atoms with Crippen molar-refractivity contribution in [3.63, 3.8) is 0 Å². The van der Waals surface area contributed by atoms with E-state index in [1.165, 1.54) is 21.9 Å². The third-order valence-corrected chi connectivity index (χ3v) is 6.81. The summed E-state index contributed by atoms with van der Waals surface area (Å²) < 4.78 is 1.25. The van der Waals surface area contributed by atoms with Gasteiger partial charge in [-0.2, -0.15) is 5.10 Å². The molecule has 1 amide bonds. The van der Waals surface area contributed by atoms with E-state index in [1.54, 1.807) is 18.2 Å². The van der Waals surface area contributed by atoms with Crippen LogP contribution >= 0.6 is 11.6 Å². The van der Waals surface area contributed by atoms with E-state index in [4.69, 9.17) is 11.6 Å². The highest BCUT2D eigenvalue weighted by atomic mass is 35.5. The Morgan fingerprint density at radius 1 is 0.778 bits per heavy atom. The fraction of sp³-hybridized carbons (Fsp3) is 0.207. The van der Waals surface area contributed by atoms with Crippen LogP contribution in [0, 0.1) is 0 Å². The zero-order valence-corrected chi connectivity index (χ0v) is 20.6. The highest BCUT2D eigenvalue weighted by molar-refractivity contribution is 6.30. The highest BCUT2D eigenvalue weighted by Gasteiger charge is 2.28. The zero-order valence-electron chi connectivity index (χ0n) is 19.8. The second kappa shape index (κ2) is 10.9. The Hall–Kier alpha value is -3.74. The zero-order chi connectivity index (χ0) is 24.9. The van der Waals surface area contributed by atoms with Gasteiger partial charge in [-0.25, -0.2) is 4.68 Å². The Bertz CT molecular complexity index is 1330. The molecule has 0 N–H and O–H groups in total. The van der Waals surface area contributed by atoms with Crippen molar-refractivity contribution in [1.29, 1.82) is 0 Å². The van der Waals surface area contributed by atoms with Crippen LogP contribution in [0.15, 0.2) is 102 Å². The summed E-state index contributed by atoms with van der Waals surface area (Å²) in [5, 5.41) is 5.06. The first-order chi connectivity index (χ1) is 17.6. The maximum Gasteiger partial charge on any atom is 0.267 e. The molecule has 0 atom stereocenters. The fourth-order valence-corrected chi connectivity index (χ4v) is 4.81. The van der Waals surface area contributed by atoms with Crippen LogP contribution in [0.1, 0.15) is 17.2 Å². The first kappa shape index (κ1) is 24.0. The quantitative estimate of drug-likeness (QED) is 0.393. The molecular weight excluding hydrogens is 472 g/mol. The van der Waals surface area contributed by atoms with Crippen molar-refractivity contribution >= 4 is 17.5 Å². The van der Waals surface area contributed by atoms with Gasteiger partial charge in [0.1, 0.15) is 6.54 Å². The lowest BCUT2D eigenvalue weighted by molar-refractivity contribution is -0.134. The maximum absolute atomic E-state index is 13.1. The van der Waals surface area contributed by atoms with Gasteiger partial charge in [-0.3, -0.25) is 14.5 Å². The normalized spacial score (nSPS) is 14.2. The molecule has 1 aliphatic heterocycles. The lowest BCUT2D eigenvalue weighted by Gasteiger charge is -2.39. The van der Waals surface area contributed by atoms with Crippen LogP contribution in [0.25, 0.3) is 11.3 Å².